The number of amides is 2. The molecule has 1 fully saturated rings. The Hall–Kier alpha value is -3.82. The molecule has 0 saturated carbocycles. The van der Waals surface area contributed by atoms with Crippen LogP contribution in [0.5, 0.6) is 0 Å². The second-order valence-electron chi connectivity index (χ2n) is 7.82. The second-order valence-corrected chi connectivity index (χ2v) is 9.01. The van der Waals surface area contributed by atoms with Gasteiger partial charge in [-0.3, -0.25) is 14.5 Å². The lowest BCUT2D eigenvalue weighted by atomic mass is 10.1. The summed E-state index contributed by atoms with van der Waals surface area (Å²) >= 11 is 1.27. The van der Waals surface area contributed by atoms with E-state index in [1.165, 1.54) is 16.7 Å². The van der Waals surface area contributed by atoms with Gasteiger partial charge >= 0.3 is 0 Å². The molecule has 1 aliphatic rings. The summed E-state index contributed by atoms with van der Waals surface area (Å²) in [5.41, 5.74) is 4.07. The quantitative estimate of drug-likeness (QED) is 0.416. The fourth-order valence-corrected chi connectivity index (χ4v) is 5.12. The molecule has 1 saturated heterocycles. The van der Waals surface area contributed by atoms with Crippen molar-refractivity contribution in [2.75, 3.05) is 10.2 Å². The number of nitrogens with zero attached hydrogens (tertiary/aromatic N) is 2. The maximum absolute atomic E-state index is 13.5. The highest BCUT2D eigenvalue weighted by atomic mass is 32.2. The number of nitrogens with one attached hydrogen (secondary N) is 1. The number of rotatable bonds is 5. The molecule has 4 rings (SSSR count). The van der Waals surface area contributed by atoms with Crippen LogP contribution in [0.15, 0.2) is 89.5 Å². The van der Waals surface area contributed by atoms with Crippen molar-refractivity contribution in [1.29, 1.82) is 5.26 Å². The molecule has 0 bridgehead atoms. The van der Waals surface area contributed by atoms with E-state index in [-0.39, 0.29) is 11.5 Å². The normalized spacial score (nSPS) is 16.9. The van der Waals surface area contributed by atoms with E-state index < -0.39 is 11.2 Å². The van der Waals surface area contributed by atoms with Crippen LogP contribution in [-0.2, 0) is 16.0 Å². The maximum Gasteiger partial charge on any atom is 0.269 e. The Balaban J connectivity index is 1.74. The lowest BCUT2D eigenvalue weighted by molar-refractivity contribution is -0.117. The third kappa shape index (κ3) is 4.69. The third-order valence-electron chi connectivity index (χ3n) is 5.50. The van der Waals surface area contributed by atoms with E-state index in [1.807, 2.05) is 92.7 Å². The molecule has 164 valence electrons. The zero-order chi connectivity index (χ0) is 23.4. The number of hydrogen-bond acceptors (Lipinski definition) is 4. The number of aryl methyl sites for hydroxylation is 2. The molecule has 2 amide bonds. The number of benzene rings is 3. The lowest BCUT2D eigenvalue weighted by Crippen LogP contribution is -2.31. The van der Waals surface area contributed by atoms with Crippen molar-refractivity contribution >= 4 is 35.0 Å². The van der Waals surface area contributed by atoms with Crippen LogP contribution in [0.4, 0.5) is 11.4 Å². The van der Waals surface area contributed by atoms with Crippen molar-refractivity contribution in [1.82, 2.24) is 0 Å². The Morgan fingerprint density at radius 2 is 1.58 bits per heavy atom. The first kappa shape index (κ1) is 22.4. The highest BCUT2D eigenvalue weighted by Crippen LogP contribution is 2.42. The van der Waals surface area contributed by atoms with Crippen molar-refractivity contribution < 1.29 is 9.59 Å². The van der Waals surface area contributed by atoms with Gasteiger partial charge in [0, 0.05) is 11.4 Å². The molecule has 33 heavy (non-hydrogen) atoms. The number of anilines is 2. The van der Waals surface area contributed by atoms with E-state index in [0.717, 1.165) is 16.7 Å². The van der Waals surface area contributed by atoms with E-state index >= 15 is 0 Å². The first-order valence-electron chi connectivity index (χ1n) is 10.6. The predicted molar refractivity (Wildman–Crippen MR) is 133 cm³/mol. The monoisotopic (exact) mass is 453 g/mol. The van der Waals surface area contributed by atoms with Gasteiger partial charge in [-0.1, -0.05) is 78.5 Å². The fraction of sp³-hybridized carbons (Fsp3) is 0.148. The van der Waals surface area contributed by atoms with E-state index in [1.54, 1.807) is 0 Å². The summed E-state index contributed by atoms with van der Waals surface area (Å²) in [6.07, 6.45) is 0.508. The van der Waals surface area contributed by atoms with Gasteiger partial charge in [-0.15, -0.1) is 0 Å². The van der Waals surface area contributed by atoms with Gasteiger partial charge in [-0.2, -0.15) is 5.26 Å². The number of nitriles is 1. The molecule has 1 atom stereocenters. The summed E-state index contributed by atoms with van der Waals surface area (Å²) in [6.45, 7) is 3.81. The predicted octanol–water partition coefficient (Wildman–Crippen LogP) is 5.37. The van der Waals surface area contributed by atoms with E-state index in [4.69, 9.17) is 0 Å². The van der Waals surface area contributed by atoms with Crippen LogP contribution in [0.2, 0.25) is 0 Å². The van der Waals surface area contributed by atoms with E-state index in [9.17, 15) is 14.9 Å². The molecule has 0 aliphatic carbocycles. The minimum Gasteiger partial charge on any atom is -0.321 e. The van der Waals surface area contributed by atoms with Gasteiger partial charge in [0.2, 0.25) is 5.91 Å². The zero-order valence-electron chi connectivity index (χ0n) is 18.4. The molecule has 1 N–H and O–H groups in total. The van der Waals surface area contributed by atoms with Crippen LogP contribution < -0.4 is 10.2 Å². The topological polar surface area (TPSA) is 73.2 Å². The Morgan fingerprint density at radius 1 is 0.970 bits per heavy atom. The molecule has 0 aromatic heterocycles. The van der Waals surface area contributed by atoms with E-state index in [2.05, 4.69) is 11.4 Å². The summed E-state index contributed by atoms with van der Waals surface area (Å²) in [5.74, 6) is -0.663. The summed E-state index contributed by atoms with van der Waals surface area (Å²) in [4.78, 5) is 28.2. The second kappa shape index (κ2) is 9.76. The molecule has 1 unspecified atom stereocenters. The molecule has 1 heterocycles. The largest absolute Gasteiger partial charge is 0.321 e. The van der Waals surface area contributed by atoms with Crippen molar-refractivity contribution in [2.45, 2.75) is 25.5 Å². The molecule has 0 radical (unpaired) electrons. The third-order valence-corrected chi connectivity index (χ3v) is 6.77. The van der Waals surface area contributed by atoms with Crippen molar-refractivity contribution in [3.8, 4) is 6.07 Å². The first-order valence-corrected chi connectivity index (χ1v) is 11.5. The average molecular weight is 454 g/mol. The Morgan fingerprint density at radius 3 is 2.18 bits per heavy atom. The van der Waals surface area contributed by atoms with Crippen molar-refractivity contribution in [2.24, 2.45) is 0 Å². The van der Waals surface area contributed by atoms with Crippen molar-refractivity contribution in [3.63, 3.8) is 0 Å². The van der Waals surface area contributed by atoms with Gasteiger partial charge in [-0.05, 0) is 49.1 Å². The Labute approximate surface area is 197 Å². The number of hydrogen-bond donors (Lipinski definition) is 1. The van der Waals surface area contributed by atoms with Crippen LogP contribution in [0.1, 0.15) is 16.7 Å². The highest BCUT2D eigenvalue weighted by Gasteiger charge is 2.40. The SMILES string of the molecule is Cc1cccc(C)c1NC(=O)C(C#N)=C1SC(Cc2ccccc2)C(=O)N1c1ccccc1. The molecule has 3 aromatic carbocycles. The first-order chi connectivity index (χ1) is 16.0. The van der Waals surface area contributed by atoms with Crippen LogP contribution in [0.3, 0.4) is 0 Å². The van der Waals surface area contributed by atoms with Crippen molar-refractivity contribution in [3.05, 3.63) is 106 Å². The minimum atomic E-state index is -0.522. The molecule has 3 aromatic rings. The molecule has 1 aliphatic heterocycles. The van der Waals surface area contributed by atoms with Crippen LogP contribution in [-0.4, -0.2) is 17.1 Å². The van der Waals surface area contributed by atoms with Crippen LogP contribution in [0.25, 0.3) is 0 Å². The molecule has 0 spiro atoms. The Kier molecular flexibility index (Phi) is 6.62. The molecule has 5 nitrogen and oxygen atoms in total. The number of para-hydroxylation sites is 2. The van der Waals surface area contributed by atoms with Crippen LogP contribution in [0, 0.1) is 25.2 Å². The average Bonchev–Trinajstić information content (AvgIpc) is 3.13. The van der Waals surface area contributed by atoms with Crippen LogP contribution >= 0.6 is 11.8 Å². The number of carbonyl (C=O) groups is 2. The maximum atomic E-state index is 13.5. The van der Waals surface area contributed by atoms with Gasteiger partial charge < -0.3 is 5.32 Å². The summed E-state index contributed by atoms with van der Waals surface area (Å²) in [6, 6.07) is 26.7. The number of carbonyl (C=O) groups excluding carboxylic acids is 2. The van der Waals surface area contributed by atoms with Gasteiger partial charge in [0.1, 0.15) is 16.7 Å². The lowest BCUT2D eigenvalue weighted by Gasteiger charge is -2.19. The minimum absolute atomic E-state index is 0.0737. The van der Waals surface area contributed by atoms with Gasteiger partial charge in [0.25, 0.3) is 5.91 Å². The van der Waals surface area contributed by atoms with Gasteiger partial charge in [0.05, 0.1) is 5.25 Å². The summed E-state index contributed by atoms with van der Waals surface area (Å²) in [5, 5.41) is 12.8. The summed E-state index contributed by atoms with van der Waals surface area (Å²) in [7, 11) is 0. The van der Waals surface area contributed by atoms with Gasteiger partial charge in [0.15, 0.2) is 0 Å². The van der Waals surface area contributed by atoms with Gasteiger partial charge in [-0.25, -0.2) is 0 Å². The smallest absolute Gasteiger partial charge is 0.269 e. The molecular formula is C27H23N3O2S. The standard InChI is InChI=1S/C27H23N3O2S/c1-18-10-9-11-19(2)24(18)29-25(31)22(17-28)27-30(21-14-7-4-8-15-21)26(32)23(33-27)16-20-12-5-3-6-13-20/h3-15,23H,16H2,1-2H3,(H,29,31). The Bertz CT molecular complexity index is 1240. The summed E-state index contributed by atoms with van der Waals surface area (Å²) < 4.78 is 0. The zero-order valence-corrected chi connectivity index (χ0v) is 19.2. The molecule has 6 heteroatoms. The highest BCUT2D eigenvalue weighted by molar-refractivity contribution is 8.05. The molecular weight excluding hydrogens is 430 g/mol. The number of thioether (sulfide) groups is 1. The van der Waals surface area contributed by atoms with E-state index in [0.29, 0.717) is 22.8 Å². The fourth-order valence-electron chi connectivity index (χ4n) is 3.81.